The Morgan fingerprint density at radius 3 is 2.41 bits per heavy atom. The number of nitrogens with one attached hydrogen (secondary N) is 2. The number of carbonyl (C=O) groups is 1. The van der Waals surface area contributed by atoms with Gasteiger partial charge in [-0.15, -0.1) is 5.10 Å². The van der Waals surface area contributed by atoms with E-state index in [0.717, 1.165) is 17.4 Å². The molecule has 4 rings (SSSR count). The third-order valence-corrected chi connectivity index (χ3v) is 7.11. The van der Waals surface area contributed by atoms with Crippen LogP contribution in [0, 0.1) is 13.8 Å². The van der Waals surface area contributed by atoms with Crippen LogP contribution in [0.3, 0.4) is 0 Å². The molecule has 0 aliphatic heterocycles. The number of carbonyl (C=O) groups excluding carboxylic acids is 1. The molecule has 0 unspecified atom stereocenters. The molecule has 4 aromatic rings. The normalized spacial score (nSPS) is 12.0. The van der Waals surface area contributed by atoms with Crippen LogP contribution in [0.15, 0.2) is 42.7 Å². The molecule has 0 aliphatic rings. The van der Waals surface area contributed by atoms with Crippen LogP contribution in [0.4, 0.5) is 11.4 Å². The molecule has 0 fully saturated rings. The van der Waals surface area contributed by atoms with Gasteiger partial charge in [-0.3, -0.25) is 9.52 Å². The molecule has 0 radical (unpaired) electrons. The maximum atomic E-state index is 13.4. The van der Waals surface area contributed by atoms with Crippen molar-refractivity contribution >= 4 is 27.3 Å². The first-order valence-electron chi connectivity index (χ1n) is 12.3. The average molecular weight is 552 g/mol. The Morgan fingerprint density at radius 2 is 1.79 bits per heavy atom. The van der Waals surface area contributed by atoms with Gasteiger partial charge in [-0.25, -0.2) is 18.1 Å². The van der Waals surface area contributed by atoms with Crippen molar-refractivity contribution < 1.29 is 18.3 Å². The van der Waals surface area contributed by atoms with Gasteiger partial charge in [0.25, 0.3) is 5.91 Å². The summed E-state index contributed by atoms with van der Waals surface area (Å²) < 4.78 is 29.8. The number of sulfonamides is 1. The van der Waals surface area contributed by atoms with E-state index in [9.17, 15) is 18.3 Å². The summed E-state index contributed by atoms with van der Waals surface area (Å²) in [6.45, 7) is 9.53. The summed E-state index contributed by atoms with van der Waals surface area (Å²) in [6, 6.07) is 8.94. The fourth-order valence-corrected chi connectivity index (χ4v) is 4.72. The minimum absolute atomic E-state index is 0.190. The van der Waals surface area contributed by atoms with Gasteiger partial charge < -0.3 is 15.0 Å². The number of benzene rings is 2. The molecule has 0 saturated carbocycles. The summed E-state index contributed by atoms with van der Waals surface area (Å²) in [5.74, 6) is 0.158. The highest BCUT2D eigenvalue weighted by molar-refractivity contribution is 7.92. The number of hydrogen-bond acceptors (Lipinski definition) is 7. The van der Waals surface area contributed by atoms with Crippen molar-refractivity contribution in [2.24, 2.45) is 7.05 Å². The van der Waals surface area contributed by atoms with Gasteiger partial charge in [-0.05, 0) is 60.2 Å². The molecular formula is C27H33N7O4S. The summed E-state index contributed by atoms with van der Waals surface area (Å²) in [4.78, 5) is 17.6. The number of aliphatic hydroxyl groups excluding tert-OH is 1. The molecular weight excluding hydrogens is 518 g/mol. The van der Waals surface area contributed by atoms with Gasteiger partial charge in [0.15, 0.2) is 0 Å². The van der Waals surface area contributed by atoms with Crippen LogP contribution in [0.5, 0.6) is 0 Å². The van der Waals surface area contributed by atoms with Crippen molar-refractivity contribution in [3.63, 3.8) is 0 Å². The fourth-order valence-electron chi connectivity index (χ4n) is 4.11. The zero-order chi connectivity index (χ0) is 28.7. The van der Waals surface area contributed by atoms with Crippen LogP contribution in [0.1, 0.15) is 53.6 Å². The number of hydrogen-bond donors (Lipinski definition) is 3. The van der Waals surface area contributed by atoms with Crippen molar-refractivity contribution in [1.29, 1.82) is 0 Å². The Bertz CT molecular complexity index is 1660. The summed E-state index contributed by atoms with van der Waals surface area (Å²) in [5.41, 5.74) is 5.34. The van der Waals surface area contributed by atoms with Crippen LogP contribution < -0.4 is 10.0 Å². The average Bonchev–Trinajstić information content (AvgIpc) is 3.46. The molecule has 0 spiro atoms. The number of imidazole rings is 1. The number of aromatic nitrogens is 5. The summed E-state index contributed by atoms with van der Waals surface area (Å²) >= 11 is 0. The molecule has 0 saturated heterocycles. The van der Waals surface area contributed by atoms with E-state index >= 15 is 0 Å². The van der Waals surface area contributed by atoms with E-state index in [-0.39, 0.29) is 17.9 Å². The zero-order valence-corrected chi connectivity index (χ0v) is 23.9. The van der Waals surface area contributed by atoms with Gasteiger partial charge in [-0.1, -0.05) is 32.1 Å². The van der Waals surface area contributed by atoms with Crippen molar-refractivity contribution in [1.82, 2.24) is 24.5 Å². The Balaban J connectivity index is 1.68. The second kappa shape index (κ2) is 10.3. The van der Waals surface area contributed by atoms with Crippen LogP contribution in [-0.4, -0.2) is 50.2 Å². The van der Waals surface area contributed by atoms with E-state index in [2.05, 4.69) is 25.3 Å². The molecule has 39 heavy (non-hydrogen) atoms. The first kappa shape index (κ1) is 28.0. The van der Waals surface area contributed by atoms with Crippen LogP contribution in [0.25, 0.3) is 17.1 Å². The summed E-state index contributed by atoms with van der Waals surface area (Å²) in [6.07, 6.45) is 4.46. The molecule has 2 aromatic heterocycles. The highest BCUT2D eigenvalue weighted by Gasteiger charge is 2.21. The second-order valence-corrected chi connectivity index (χ2v) is 12.3. The smallest absolute Gasteiger partial charge is 0.255 e. The first-order valence-corrected chi connectivity index (χ1v) is 14.2. The SMILES string of the molecule is Cc1ccc(C(=O)Nc2cc(C(C)(C)C)cc(NS(C)(=O)=O)c2C)cc1-n1cc(-c2cnc(CO)n2C)nn1. The minimum atomic E-state index is -3.52. The molecule has 11 nitrogen and oxygen atoms in total. The summed E-state index contributed by atoms with van der Waals surface area (Å²) in [7, 11) is -1.73. The molecule has 0 atom stereocenters. The Labute approximate surface area is 228 Å². The van der Waals surface area contributed by atoms with Crippen molar-refractivity contribution in [2.45, 2.75) is 46.6 Å². The molecule has 206 valence electrons. The quantitative estimate of drug-likeness (QED) is 0.318. The van der Waals surface area contributed by atoms with E-state index in [1.54, 1.807) is 53.8 Å². The lowest BCUT2D eigenvalue weighted by atomic mass is 9.85. The van der Waals surface area contributed by atoms with Crippen molar-refractivity contribution in [3.8, 4) is 17.1 Å². The predicted octanol–water partition coefficient (Wildman–Crippen LogP) is 3.70. The molecule has 1 amide bonds. The van der Waals surface area contributed by atoms with Crippen LogP contribution in [-0.2, 0) is 29.1 Å². The standard InChI is InChI=1S/C27H33N7O4S/c1-16-8-9-18(10-23(16)34-14-22(30-32-34)24-13-28-25(15-35)33(24)6)26(36)29-20-11-19(27(3,4)5)12-21(17(20)2)31-39(7,37)38/h8-14,31,35H,15H2,1-7H3,(H,29,36). The van der Waals surface area contributed by atoms with E-state index in [4.69, 9.17) is 0 Å². The van der Waals surface area contributed by atoms with Crippen molar-refractivity contribution in [2.75, 3.05) is 16.3 Å². The maximum absolute atomic E-state index is 13.4. The first-order chi connectivity index (χ1) is 18.2. The van der Waals surface area contributed by atoms with Gasteiger partial charge in [0, 0.05) is 18.3 Å². The lowest BCUT2D eigenvalue weighted by molar-refractivity contribution is 0.102. The molecule has 0 aliphatic carbocycles. The van der Waals surface area contributed by atoms with Gasteiger partial charge in [0.2, 0.25) is 10.0 Å². The van der Waals surface area contributed by atoms with Crippen LogP contribution in [0.2, 0.25) is 0 Å². The molecule has 3 N–H and O–H groups in total. The topological polar surface area (TPSA) is 144 Å². The lowest BCUT2D eigenvalue weighted by Gasteiger charge is -2.23. The molecule has 12 heteroatoms. The molecule has 2 aromatic carbocycles. The van der Waals surface area contributed by atoms with Crippen LogP contribution >= 0.6 is 0 Å². The van der Waals surface area contributed by atoms with E-state index in [1.807, 2.05) is 39.8 Å². The number of nitrogens with zero attached hydrogens (tertiary/aromatic N) is 5. The Kier molecular flexibility index (Phi) is 7.37. The van der Waals surface area contributed by atoms with E-state index in [1.165, 1.54) is 0 Å². The Morgan fingerprint density at radius 1 is 1.10 bits per heavy atom. The van der Waals surface area contributed by atoms with E-state index < -0.39 is 10.0 Å². The lowest BCUT2D eigenvalue weighted by Crippen LogP contribution is -2.18. The molecule has 0 bridgehead atoms. The molecule has 2 heterocycles. The number of aliphatic hydroxyl groups is 1. The third-order valence-electron chi connectivity index (χ3n) is 6.52. The fraction of sp³-hybridized carbons (Fsp3) is 0.333. The number of aryl methyl sites for hydroxylation is 1. The second-order valence-electron chi connectivity index (χ2n) is 10.6. The minimum Gasteiger partial charge on any atom is -0.388 e. The number of rotatable bonds is 7. The Hall–Kier alpha value is -4.03. The monoisotopic (exact) mass is 551 g/mol. The highest BCUT2D eigenvalue weighted by Crippen LogP contribution is 2.33. The highest BCUT2D eigenvalue weighted by atomic mass is 32.2. The van der Waals surface area contributed by atoms with Gasteiger partial charge in [0.05, 0.1) is 35.7 Å². The largest absolute Gasteiger partial charge is 0.388 e. The van der Waals surface area contributed by atoms with Gasteiger partial charge >= 0.3 is 0 Å². The predicted molar refractivity (Wildman–Crippen MR) is 151 cm³/mol. The van der Waals surface area contributed by atoms with E-state index in [0.29, 0.717) is 45.4 Å². The third kappa shape index (κ3) is 6.02. The number of anilines is 2. The summed E-state index contributed by atoms with van der Waals surface area (Å²) in [5, 5.41) is 20.9. The zero-order valence-electron chi connectivity index (χ0n) is 23.1. The maximum Gasteiger partial charge on any atom is 0.255 e. The number of amides is 1. The van der Waals surface area contributed by atoms with Gasteiger partial charge in [-0.2, -0.15) is 0 Å². The van der Waals surface area contributed by atoms with Gasteiger partial charge in [0.1, 0.15) is 18.1 Å². The van der Waals surface area contributed by atoms with Crippen molar-refractivity contribution in [3.05, 3.63) is 70.8 Å².